The van der Waals surface area contributed by atoms with Crippen LogP contribution in [0.5, 0.6) is 23.0 Å². The van der Waals surface area contributed by atoms with Crippen LogP contribution in [0, 0.1) is 0 Å². The number of benzene rings is 2. The van der Waals surface area contributed by atoms with E-state index in [2.05, 4.69) is 16.0 Å². The highest BCUT2D eigenvalue weighted by Crippen LogP contribution is 2.37. The molecule has 2 aliphatic rings. The largest absolute Gasteiger partial charge is 0.497 e. The van der Waals surface area contributed by atoms with Crippen LogP contribution in [-0.4, -0.2) is 52.2 Å². The summed E-state index contributed by atoms with van der Waals surface area (Å²) in [5.41, 5.74) is 1.45. The third-order valence-electron chi connectivity index (χ3n) is 5.29. The summed E-state index contributed by atoms with van der Waals surface area (Å²) < 4.78 is 26.9. The van der Waals surface area contributed by atoms with Gasteiger partial charge in [-0.25, -0.2) is 9.59 Å². The quantitative estimate of drug-likeness (QED) is 0.359. The number of nitrogens with one attached hydrogen (secondary N) is 3. The molecule has 0 fully saturated rings. The highest BCUT2D eigenvalue weighted by atomic mass is 16.7. The van der Waals surface area contributed by atoms with Gasteiger partial charge in [-0.3, -0.25) is 0 Å². The molecule has 3 N–H and O–H groups in total. The second-order valence-electron chi connectivity index (χ2n) is 7.46. The summed E-state index contributed by atoms with van der Waals surface area (Å²) in [4.78, 5) is 25.3. The predicted molar refractivity (Wildman–Crippen MR) is 122 cm³/mol. The van der Waals surface area contributed by atoms with Crippen LogP contribution < -0.4 is 34.9 Å². The van der Waals surface area contributed by atoms with Crippen LogP contribution in [0.2, 0.25) is 0 Å². The number of ether oxygens (including phenoxy) is 5. The number of esters is 1. The number of hydrogen-bond acceptors (Lipinski definition) is 8. The fraction of sp³-hybridized carbons (Fsp3) is 0.333. The van der Waals surface area contributed by atoms with E-state index < -0.39 is 18.0 Å². The Bertz CT molecular complexity index is 1070. The number of amides is 2. The average Bonchev–Trinajstić information content (AvgIpc) is 3.32. The third kappa shape index (κ3) is 5.34. The molecule has 34 heavy (non-hydrogen) atoms. The lowest BCUT2D eigenvalue weighted by molar-refractivity contribution is -0.139. The molecular formula is C24H27N3O7. The highest BCUT2D eigenvalue weighted by molar-refractivity contribution is 5.95. The van der Waals surface area contributed by atoms with Crippen molar-refractivity contribution in [1.29, 1.82) is 0 Å². The van der Waals surface area contributed by atoms with Gasteiger partial charge in [0.05, 0.1) is 25.3 Å². The molecule has 0 aromatic heterocycles. The molecule has 2 aromatic rings. The molecular weight excluding hydrogens is 442 g/mol. The lowest BCUT2D eigenvalue weighted by atomic mass is 9.94. The number of fused-ring (bicyclic) bond motifs is 1. The van der Waals surface area contributed by atoms with E-state index in [0.29, 0.717) is 47.2 Å². The van der Waals surface area contributed by atoms with Crippen molar-refractivity contribution in [2.45, 2.75) is 13.0 Å². The van der Waals surface area contributed by atoms with Crippen molar-refractivity contribution in [2.75, 3.05) is 40.2 Å². The van der Waals surface area contributed by atoms with Crippen molar-refractivity contribution in [3.63, 3.8) is 0 Å². The molecule has 0 aliphatic carbocycles. The first-order chi connectivity index (χ1) is 16.6. The minimum atomic E-state index is -0.699. The van der Waals surface area contributed by atoms with Crippen LogP contribution in [0.3, 0.4) is 0 Å². The van der Waals surface area contributed by atoms with Crippen molar-refractivity contribution in [2.24, 2.45) is 0 Å². The van der Waals surface area contributed by atoms with Crippen molar-refractivity contribution < 1.29 is 33.3 Å². The number of rotatable bonds is 10. The Labute approximate surface area is 197 Å². The van der Waals surface area contributed by atoms with Crippen molar-refractivity contribution >= 4 is 12.0 Å². The topological polar surface area (TPSA) is 116 Å². The van der Waals surface area contributed by atoms with Gasteiger partial charge in [0.15, 0.2) is 11.5 Å². The summed E-state index contributed by atoms with van der Waals surface area (Å²) in [5, 5.41) is 8.75. The first-order valence-electron chi connectivity index (χ1n) is 10.9. The fourth-order valence-corrected chi connectivity index (χ4v) is 3.68. The van der Waals surface area contributed by atoms with E-state index >= 15 is 0 Å². The van der Waals surface area contributed by atoms with Crippen LogP contribution in [0.25, 0.3) is 0 Å². The lowest BCUT2D eigenvalue weighted by Gasteiger charge is -2.29. The Morgan fingerprint density at radius 3 is 2.65 bits per heavy atom. The predicted octanol–water partition coefficient (Wildman–Crippen LogP) is 2.26. The molecule has 2 aromatic carbocycles. The molecule has 0 saturated carbocycles. The van der Waals surface area contributed by atoms with Gasteiger partial charge >= 0.3 is 12.0 Å². The zero-order valence-electron chi connectivity index (χ0n) is 19.0. The van der Waals surface area contributed by atoms with E-state index in [-0.39, 0.29) is 19.9 Å². The summed E-state index contributed by atoms with van der Waals surface area (Å²) >= 11 is 0. The molecule has 1 atom stereocenters. The molecule has 0 saturated heterocycles. The Morgan fingerprint density at radius 2 is 1.88 bits per heavy atom. The lowest BCUT2D eigenvalue weighted by Crippen LogP contribution is -2.48. The van der Waals surface area contributed by atoms with Crippen LogP contribution >= 0.6 is 0 Å². The van der Waals surface area contributed by atoms with E-state index in [1.54, 1.807) is 32.2 Å². The second-order valence-corrected chi connectivity index (χ2v) is 7.46. The van der Waals surface area contributed by atoms with Gasteiger partial charge < -0.3 is 39.6 Å². The Kier molecular flexibility index (Phi) is 7.38. The monoisotopic (exact) mass is 469 g/mol. The van der Waals surface area contributed by atoms with Crippen LogP contribution in [0.1, 0.15) is 18.5 Å². The summed E-state index contributed by atoms with van der Waals surface area (Å²) in [6.45, 7) is 3.20. The first kappa shape index (κ1) is 23.2. The van der Waals surface area contributed by atoms with E-state index in [1.807, 2.05) is 24.3 Å². The molecule has 0 bridgehead atoms. The summed E-state index contributed by atoms with van der Waals surface area (Å²) in [5.74, 6) is 2.13. The molecule has 4 rings (SSSR count). The van der Waals surface area contributed by atoms with Crippen LogP contribution in [0.15, 0.2) is 53.7 Å². The molecule has 10 nitrogen and oxygen atoms in total. The molecule has 0 unspecified atom stereocenters. The molecule has 0 spiro atoms. The highest BCUT2D eigenvalue weighted by Gasteiger charge is 2.34. The second kappa shape index (κ2) is 10.8. The maximum atomic E-state index is 12.9. The van der Waals surface area contributed by atoms with E-state index in [1.165, 1.54) is 0 Å². The van der Waals surface area contributed by atoms with Gasteiger partial charge in [0.25, 0.3) is 0 Å². The maximum Gasteiger partial charge on any atom is 0.338 e. The molecule has 180 valence electrons. The zero-order valence-corrected chi connectivity index (χ0v) is 19.0. The van der Waals surface area contributed by atoms with Gasteiger partial charge in [0, 0.05) is 18.8 Å². The minimum absolute atomic E-state index is 0.131. The van der Waals surface area contributed by atoms with Gasteiger partial charge in [0.1, 0.15) is 18.1 Å². The van der Waals surface area contributed by atoms with E-state index in [9.17, 15) is 9.59 Å². The van der Waals surface area contributed by atoms with Crippen LogP contribution in [-0.2, 0) is 9.53 Å². The number of carbonyl (C=O) groups is 2. The van der Waals surface area contributed by atoms with Crippen molar-refractivity contribution in [3.8, 4) is 23.0 Å². The zero-order chi connectivity index (χ0) is 23.9. The fourth-order valence-electron chi connectivity index (χ4n) is 3.68. The summed E-state index contributed by atoms with van der Waals surface area (Å²) in [6, 6.07) is 11.5. The Morgan fingerprint density at radius 1 is 1.12 bits per heavy atom. The standard InChI is InChI=1S/C24H27N3O7/c1-3-31-23(28)21-18(13-25-10-11-32-17-7-5-16(30-2)6-8-17)26-24(29)27-22(21)15-4-9-19-20(12-15)34-14-33-19/h4-9,12,22,25H,3,10-11,13-14H2,1-2H3,(H2,26,27,29)/t22-/m0/s1. The normalized spacial score (nSPS) is 16.5. The summed E-state index contributed by atoms with van der Waals surface area (Å²) in [6.07, 6.45) is 0. The number of methoxy groups -OCH3 is 1. The van der Waals surface area contributed by atoms with Gasteiger partial charge in [0.2, 0.25) is 6.79 Å². The van der Waals surface area contributed by atoms with Crippen molar-refractivity contribution in [1.82, 2.24) is 16.0 Å². The molecule has 2 amide bonds. The summed E-state index contributed by atoms with van der Waals surface area (Å²) in [7, 11) is 1.61. The Hall–Kier alpha value is -3.92. The van der Waals surface area contributed by atoms with E-state index in [0.717, 1.165) is 5.75 Å². The SMILES string of the molecule is CCOC(=O)C1=C(CNCCOc2ccc(OC)cc2)NC(=O)N[C@H]1c1ccc2c(c1)OCO2. The number of carbonyl (C=O) groups excluding carboxylic acids is 2. The Balaban J connectivity index is 1.45. The molecule has 2 aliphatic heterocycles. The van der Waals surface area contributed by atoms with Gasteiger partial charge in [-0.1, -0.05) is 6.07 Å². The first-order valence-corrected chi connectivity index (χ1v) is 10.9. The van der Waals surface area contributed by atoms with Crippen LogP contribution in [0.4, 0.5) is 4.79 Å². The minimum Gasteiger partial charge on any atom is -0.497 e. The number of urea groups is 1. The van der Waals surface area contributed by atoms with Gasteiger partial charge in [-0.05, 0) is 48.9 Å². The maximum absolute atomic E-state index is 12.9. The van der Waals surface area contributed by atoms with Gasteiger partial charge in [-0.15, -0.1) is 0 Å². The third-order valence-corrected chi connectivity index (χ3v) is 5.29. The van der Waals surface area contributed by atoms with E-state index in [4.69, 9.17) is 23.7 Å². The molecule has 10 heteroatoms. The average molecular weight is 469 g/mol. The smallest absolute Gasteiger partial charge is 0.338 e. The van der Waals surface area contributed by atoms with Gasteiger partial charge in [-0.2, -0.15) is 0 Å². The molecule has 2 heterocycles. The molecule has 0 radical (unpaired) electrons. The number of hydrogen-bond donors (Lipinski definition) is 3. The van der Waals surface area contributed by atoms with Crippen molar-refractivity contribution in [3.05, 3.63) is 59.3 Å².